The van der Waals surface area contributed by atoms with E-state index in [4.69, 9.17) is 0 Å². The van der Waals surface area contributed by atoms with E-state index >= 15 is 0 Å². The van der Waals surface area contributed by atoms with Gasteiger partial charge in [0.15, 0.2) is 0 Å². The number of hydrogen-bond acceptors (Lipinski definition) is 2. The summed E-state index contributed by atoms with van der Waals surface area (Å²) in [6.07, 6.45) is 0. The van der Waals surface area contributed by atoms with E-state index < -0.39 is 5.54 Å². The number of benzodiazepines with no additional fused rings is 1. The number of aliphatic imine (C=N–C) groups is 1. The second-order valence-corrected chi connectivity index (χ2v) is 5.25. The van der Waals surface area contributed by atoms with Gasteiger partial charge in [-0.1, -0.05) is 32.0 Å². The van der Waals surface area contributed by atoms with Gasteiger partial charge in [-0.2, -0.15) is 0 Å². The zero-order chi connectivity index (χ0) is 12.6. The quantitative estimate of drug-likeness (QED) is 0.806. The molecule has 2 rings (SSSR count). The van der Waals surface area contributed by atoms with Gasteiger partial charge in [0.2, 0.25) is 0 Å². The third-order valence-electron chi connectivity index (χ3n) is 2.95. The molecule has 0 saturated heterocycles. The summed E-state index contributed by atoms with van der Waals surface area (Å²) in [6.45, 7) is 7.83. The third-order valence-corrected chi connectivity index (χ3v) is 2.95. The van der Waals surface area contributed by atoms with Crippen LogP contribution in [-0.2, 0) is 4.79 Å². The van der Waals surface area contributed by atoms with E-state index in [1.165, 1.54) is 0 Å². The molecular formula is C14H18N2O. The summed E-state index contributed by atoms with van der Waals surface area (Å²) >= 11 is 0. The van der Waals surface area contributed by atoms with E-state index in [0.717, 1.165) is 17.0 Å². The number of para-hydroxylation sites is 1. The van der Waals surface area contributed by atoms with E-state index in [9.17, 15) is 4.79 Å². The highest BCUT2D eigenvalue weighted by Crippen LogP contribution is 2.27. The molecule has 1 aliphatic rings. The minimum Gasteiger partial charge on any atom is -0.371 e. The maximum atomic E-state index is 12.1. The Hall–Kier alpha value is -1.64. The molecule has 3 nitrogen and oxygen atoms in total. The van der Waals surface area contributed by atoms with E-state index in [-0.39, 0.29) is 11.8 Å². The molecule has 90 valence electrons. The van der Waals surface area contributed by atoms with Crippen molar-refractivity contribution < 1.29 is 4.79 Å². The third kappa shape index (κ3) is 2.09. The second kappa shape index (κ2) is 3.99. The van der Waals surface area contributed by atoms with Gasteiger partial charge < -0.3 is 5.32 Å². The van der Waals surface area contributed by atoms with Crippen molar-refractivity contribution in [2.45, 2.75) is 33.2 Å². The number of nitrogens with one attached hydrogen (secondary N) is 1. The van der Waals surface area contributed by atoms with Crippen molar-refractivity contribution in [3.05, 3.63) is 29.8 Å². The smallest absolute Gasteiger partial charge is 0.270 e. The van der Waals surface area contributed by atoms with Crippen LogP contribution < -0.4 is 5.32 Å². The first kappa shape index (κ1) is 11.8. The largest absolute Gasteiger partial charge is 0.371 e. The van der Waals surface area contributed by atoms with Crippen molar-refractivity contribution in [3.8, 4) is 0 Å². The lowest BCUT2D eigenvalue weighted by molar-refractivity contribution is -0.121. The van der Waals surface area contributed by atoms with Crippen LogP contribution in [0.4, 0.5) is 5.69 Å². The first-order valence-electron chi connectivity index (χ1n) is 5.92. The van der Waals surface area contributed by atoms with Gasteiger partial charge in [-0.05, 0) is 25.8 Å². The molecule has 1 aromatic rings. The number of carbonyl (C=O) groups excluding carboxylic acids is 1. The number of carbonyl (C=O) groups is 1. The van der Waals surface area contributed by atoms with Gasteiger partial charge in [0.25, 0.3) is 5.91 Å². The zero-order valence-electron chi connectivity index (χ0n) is 10.7. The number of rotatable bonds is 1. The van der Waals surface area contributed by atoms with Crippen LogP contribution in [0.5, 0.6) is 0 Å². The van der Waals surface area contributed by atoms with Crippen LogP contribution in [0.2, 0.25) is 0 Å². The molecule has 1 N–H and O–H groups in total. The molecule has 1 aromatic carbocycles. The van der Waals surface area contributed by atoms with Crippen LogP contribution in [0.15, 0.2) is 29.3 Å². The SMILES string of the molecule is CC(C)C1=NC(=O)C(C)(C)Nc2ccccc21. The van der Waals surface area contributed by atoms with Crippen molar-refractivity contribution in [2.24, 2.45) is 10.9 Å². The van der Waals surface area contributed by atoms with Crippen LogP contribution >= 0.6 is 0 Å². The second-order valence-electron chi connectivity index (χ2n) is 5.25. The van der Waals surface area contributed by atoms with E-state index in [1.807, 2.05) is 38.1 Å². The maximum Gasteiger partial charge on any atom is 0.270 e. The first-order valence-corrected chi connectivity index (χ1v) is 5.92. The molecule has 0 fully saturated rings. The van der Waals surface area contributed by atoms with Gasteiger partial charge in [0.1, 0.15) is 5.54 Å². The average Bonchev–Trinajstić information content (AvgIpc) is 2.34. The molecule has 17 heavy (non-hydrogen) atoms. The van der Waals surface area contributed by atoms with Crippen LogP contribution in [0.25, 0.3) is 0 Å². The highest BCUT2D eigenvalue weighted by molar-refractivity contribution is 6.14. The molecule has 0 atom stereocenters. The minimum atomic E-state index is -0.646. The standard InChI is InChI=1S/C14H18N2O/c1-9(2)12-10-7-5-6-8-11(10)16-14(3,4)13(17)15-12/h5-9,16H,1-4H3. The molecule has 0 saturated carbocycles. The van der Waals surface area contributed by atoms with Crippen molar-refractivity contribution >= 4 is 17.3 Å². The normalized spacial score (nSPS) is 18.2. The summed E-state index contributed by atoms with van der Waals surface area (Å²) in [7, 11) is 0. The molecule has 1 aliphatic heterocycles. The molecule has 1 amide bonds. The number of benzene rings is 1. The highest BCUT2D eigenvalue weighted by atomic mass is 16.2. The Morgan fingerprint density at radius 3 is 2.53 bits per heavy atom. The summed E-state index contributed by atoms with van der Waals surface area (Å²) < 4.78 is 0. The predicted molar refractivity (Wildman–Crippen MR) is 70.5 cm³/mol. The maximum absolute atomic E-state index is 12.1. The molecule has 0 spiro atoms. The lowest BCUT2D eigenvalue weighted by Gasteiger charge is -2.22. The summed E-state index contributed by atoms with van der Waals surface area (Å²) in [4.78, 5) is 16.4. The summed E-state index contributed by atoms with van der Waals surface area (Å²) in [5, 5.41) is 3.27. The summed E-state index contributed by atoms with van der Waals surface area (Å²) in [5.41, 5.74) is 2.23. The zero-order valence-corrected chi connectivity index (χ0v) is 10.7. The molecule has 0 radical (unpaired) electrons. The summed E-state index contributed by atoms with van der Waals surface area (Å²) in [6, 6.07) is 7.94. The van der Waals surface area contributed by atoms with Gasteiger partial charge >= 0.3 is 0 Å². The van der Waals surface area contributed by atoms with Gasteiger partial charge in [0, 0.05) is 11.3 Å². The number of nitrogens with zero attached hydrogens (tertiary/aromatic N) is 1. The van der Waals surface area contributed by atoms with Gasteiger partial charge in [-0.3, -0.25) is 4.79 Å². The molecule has 1 heterocycles. The fourth-order valence-corrected chi connectivity index (χ4v) is 1.96. The Morgan fingerprint density at radius 1 is 1.24 bits per heavy atom. The lowest BCUT2D eigenvalue weighted by Crippen LogP contribution is -2.38. The Morgan fingerprint density at radius 2 is 1.88 bits per heavy atom. The summed E-state index contributed by atoms with van der Waals surface area (Å²) in [5.74, 6) is 0.119. The fourth-order valence-electron chi connectivity index (χ4n) is 1.96. The van der Waals surface area contributed by atoms with Gasteiger partial charge in [-0.15, -0.1) is 0 Å². The Bertz CT molecular complexity index is 487. The van der Waals surface area contributed by atoms with Crippen molar-refractivity contribution in [2.75, 3.05) is 5.32 Å². The van der Waals surface area contributed by atoms with Crippen LogP contribution in [0.1, 0.15) is 33.3 Å². The van der Waals surface area contributed by atoms with Crippen LogP contribution in [0.3, 0.4) is 0 Å². The minimum absolute atomic E-state index is 0.114. The van der Waals surface area contributed by atoms with E-state index in [0.29, 0.717) is 0 Å². The van der Waals surface area contributed by atoms with E-state index in [2.05, 4.69) is 24.2 Å². The molecule has 3 heteroatoms. The molecule has 0 aliphatic carbocycles. The number of fused-ring (bicyclic) bond motifs is 1. The van der Waals surface area contributed by atoms with Crippen molar-refractivity contribution in [1.82, 2.24) is 0 Å². The van der Waals surface area contributed by atoms with Crippen molar-refractivity contribution in [1.29, 1.82) is 0 Å². The lowest BCUT2D eigenvalue weighted by atomic mass is 9.98. The van der Waals surface area contributed by atoms with Crippen molar-refractivity contribution in [3.63, 3.8) is 0 Å². The van der Waals surface area contributed by atoms with Gasteiger partial charge in [0.05, 0.1) is 5.71 Å². The Balaban J connectivity index is 2.63. The molecule has 0 unspecified atom stereocenters. The highest BCUT2D eigenvalue weighted by Gasteiger charge is 2.32. The topological polar surface area (TPSA) is 41.5 Å². The van der Waals surface area contributed by atoms with Crippen LogP contribution in [0, 0.1) is 5.92 Å². The fraction of sp³-hybridized carbons (Fsp3) is 0.429. The monoisotopic (exact) mass is 230 g/mol. The van der Waals surface area contributed by atoms with Crippen LogP contribution in [-0.4, -0.2) is 17.2 Å². The Kier molecular flexibility index (Phi) is 2.77. The molecular weight excluding hydrogens is 212 g/mol. The average molecular weight is 230 g/mol. The predicted octanol–water partition coefficient (Wildman–Crippen LogP) is 2.86. The number of amides is 1. The molecule has 0 bridgehead atoms. The molecule has 0 aromatic heterocycles. The Labute approximate surface area is 102 Å². The van der Waals surface area contributed by atoms with Gasteiger partial charge in [-0.25, -0.2) is 4.99 Å². The number of hydrogen-bond donors (Lipinski definition) is 1. The van der Waals surface area contributed by atoms with E-state index in [1.54, 1.807) is 0 Å². The first-order chi connectivity index (χ1) is 7.92. The number of anilines is 1.